The van der Waals surface area contributed by atoms with Gasteiger partial charge in [0.25, 0.3) is 5.56 Å². The summed E-state index contributed by atoms with van der Waals surface area (Å²) in [7, 11) is 0. The van der Waals surface area contributed by atoms with E-state index >= 15 is 0 Å². The van der Waals surface area contributed by atoms with Crippen molar-refractivity contribution >= 4 is 22.9 Å². The molecular weight excluding hydrogens is 361 g/mol. The number of hydrogen-bond donors (Lipinski definition) is 1. The van der Waals surface area contributed by atoms with Gasteiger partial charge in [-0.2, -0.15) is 0 Å². The number of thiophene rings is 1. The molecule has 0 unspecified atom stereocenters. The lowest BCUT2D eigenvalue weighted by Crippen LogP contribution is -2.35. The van der Waals surface area contributed by atoms with E-state index < -0.39 is 5.82 Å². The third-order valence-corrected chi connectivity index (χ3v) is 5.50. The molecule has 0 atom stereocenters. The second kappa shape index (κ2) is 6.71. The standard InChI is InChI=1S/C18H15ClFN3OS/c19-13-4-1-3-11(16(13)20)9-23-7-6-14-12(10-23)18(24)22-17(21-14)15-5-2-8-25-15/h1-5,8H,6-7,9-10H2,(H,21,22,24). The van der Waals surface area contributed by atoms with Crippen LogP contribution in [-0.2, 0) is 19.5 Å². The molecule has 128 valence electrons. The Morgan fingerprint density at radius 3 is 3.00 bits per heavy atom. The van der Waals surface area contributed by atoms with Crippen LogP contribution in [0.5, 0.6) is 0 Å². The van der Waals surface area contributed by atoms with Crippen molar-refractivity contribution < 1.29 is 4.39 Å². The van der Waals surface area contributed by atoms with Gasteiger partial charge >= 0.3 is 0 Å². The molecule has 0 bridgehead atoms. The van der Waals surface area contributed by atoms with Crippen LogP contribution in [0.15, 0.2) is 40.5 Å². The molecule has 1 aliphatic heterocycles. The number of aromatic nitrogens is 2. The molecule has 4 nitrogen and oxygen atoms in total. The number of nitrogens with zero attached hydrogens (tertiary/aromatic N) is 2. The average Bonchev–Trinajstić information content (AvgIpc) is 3.14. The number of hydrogen-bond acceptors (Lipinski definition) is 4. The Bertz CT molecular complexity index is 971. The predicted molar refractivity (Wildman–Crippen MR) is 97.4 cm³/mol. The van der Waals surface area contributed by atoms with E-state index in [1.807, 2.05) is 22.4 Å². The molecule has 2 aromatic heterocycles. The van der Waals surface area contributed by atoms with Crippen molar-refractivity contribution in [2.75, 3.05) is 6.54 Å². The highest BCUT2D eigenvalue weighted by Gasteiger charge is 2.22. The van der Waals surface area contributed by atoms with Gasteiger partial charge in [-0.05, 0) is 17.5 Å². The maximum absolute atomic E-state index is 14.1. The number of fused-ring (bicyclic) bond motifs is 1. The maximum atomic E-state index is 14.1. The van der Waals surface area contributed by atoms with Gasteiger partial charge in [0.2, 0.25) is 0 Å². The average molecular weight is 376 g/mol. The Balaban J connectivity index is 1.59. The molecule has 1 aromatic carbocycles. The van der Waals surface area contributed by atoms with Crippen LogP contribution in [0, 0.1) is 5.82 Å². The van der Waals surface area contributed by atoms with Gasteiger partial charge in [-0.3, -0.25) is 9.69 Å². The van der Waals surface area contributed by atoms with Gasteiger partial charge in [-0.1, -0.05) is 29.8 Å². The summed E-state index contributed by atoms with van der Waals surface area (Å²) in [6, 6.07) is 8.86. The quantitative estimate of drug-likeness (QED) is 0.756. The second-order valence-corrected chi connectivity index (χ2v) is 7.35. The lowest BCUT2D eigenvalue weighted by atomic mass is 10.1. The highest BCUT2D eigenvalue weighted by atomic mass is 35.5. The smallest absolute Gasteiger partial charge is 0.255 e. The van der Waals surface area contributed by atoms with Crippen molar-refractivity contribution in [1.82, 2.24) is 14.9 Å². The first-order valence-corrected chi connectivity index (χ1v) is 9.19. The minimum atomic E-state index is -0.393. The van der Waals surface area contributed by atoms with E-state index in [-0.39, 0.29) is 10.6 Å². The van der Waals surface area contributed by atoms with Crippen LogP contribution < -0.4 is 5.56 Å². The van der Waals surface area contributed by atoms with Crippen molar-refractivity contribution in [2.24, 2.45) is 0 Å². The molecule has 3 heterocycles. The zero-order valence-electron chi connectivity index (χ0n) is 13.3. The van der Waals surface area contributed by atoms with Crippen molar-refractivity contribution in [1.29, 1.82) is 0 Å². The fraction of sp³-hybridized carbons (Fsp3) is 0.222. The Morgan fingerprint density at radius 1 is 1.32 bits per heavy atom. The largest absolute Gasteiger partial charge is 0.306 e. The van der Waals surface area contributed by atoms with Crippen molar-refractivity contribution in [3.8, 4) is 10.7 Å². The SMILES string of the molecule is O=c1[nH]c(-c2cccs2)nc2c1CN(Cc1cccc(Cl)c1F)CC2. The zero-order valence-corrected chi connectivity index (χ0v) is 14.8. The molecule has 7 heteroatoms. The lowest BCUT2D eigenvalue weighted by Gasteiger charge is -2.27. The molecule has 0 spiro atoms. The van der Waals surface area contributed by atoms with E-state index in [4.69, 9.17) is 11.6 Å². The van der Waals surface area contributed by atoms with Crippen LogP contribution in [-0.4, -0.2) is 21.4 Å². The van der Waals surface area contributed by atoms with E-state index in [9.17, 15) is 9.18 Å². The molecule has 4 rings (SSSR count). The van der Waals surface area contributed by atoms with E-state index in [2.05, 4.69) is 9.97 Å². The summed E-state index contributed by atoms with van der Waals surface area (Å²) in [5.41, 5.74) is 1.91. The minimum Gasteiger partial charge on any atom is -0.306 e. The Hall–Kier alpha value is -2.02. The van der Waals surface area contributed by atoms with E-state index in [0.29, 0.717) is 36.5 Å². The number of aromatic amines is 1. The molecular formula is C18H15ClFN3OS. The van der Waals surface area contributed by atoms with Gasteiger partial charge in [-0.25, -0.2) is 9.37 Å². The lowest BCUT2D eigenvalue weighted by molar-refractivity contribution is 0.238. The maximum Gasteiger partial charge on any atom is 0.255 e. The summed E-state index contributed by atoms with van der Waals surface area (Å²) in [6.07, 6.45) is 0.666. The summed E-state index contributed by atoms with van der Waals surface area (Å²) in [6.45, 7) is 1.59. The summed E-state index contributed by atoms with van der Waals surface area (Å²) in [5, 5.41) is 2.07. The number of rotatable bonds is 3. The molecule has 3 aromatic rings. The van der Waals surface area contributed by atoms with Gasteiger partial charge in [0.15, 0.2) is 5.82 Å². The molecule has 0 fully saturated rings. The first-order valence-electron chi connectivity index (χ1n) is 7.93. The first-order chi connectivity index (χ1) is 12.1. The van der Waals surface area contributed by atoms with Crippen molar-refractivity contribution in [3.63, 3.8) is 0 Å². The van der Waals surface area contributed by atoms with Gasteiger partial charge in [0, 0.05) is 31.6 Å². The molecule has 1 aliphatic rings. The fourth-order valence-corrected chi connectivity index (χ4v) is 3.92. The second-order valence-electron chi connectivity index (χ2n) is 5.99. The third kappa shape index (κ3) is 3.25. The van der Waals surface area contributed by atoms with E-state index in [0.717, 1.165) is 17.1 Å². The number of benzene rings is 1. The van der Waals surface area contributed by atoms with Crippen LogP contribution in [0.3, 0.4) is 0 Å². The molecule has 1 N–H and O–H groups in total. The normalized spacial score (nSPS) is 14.5. The van der Waals surface area contributed by atoms with Crippen LogP contribution in [0.1, 0.15) is 16.8 Å². The fourth-order valence-electron chi connectivity index (χ4n) is 3.06. The molecule has 0 saturated carbocycles. The Kier molecular flexibility index (Phi) is 4.41. The molecule has 25 heavy (non-hydrogen) atoms. The zero-order chi connectivity index (χ0) is 17.4. The van der Waals surface area contributed by atoms with Gasteiger partial charge < -0.3 is 4.98 Å². The predicted octanol–water partition coefficient (Wildman–Crippen LogP) is 3.85. The summed E-state index contributed by atoms with van der Waals surface area (Å²) >= 11 is 7.39. The Labute approximate surface area is 152 Å². The summed E-state index contributed by atoms with van der Waals surface area (Å²) in [5.74, 6) is 0.225. The van der Waals surface area contributed by atoms with Gasteiger partial charge in [-0.15, -0.1) is 11.3 Å². The van der Waals surface area contributed by atoms with E-state index in [1.54, 1.807) is 23.5 Å². The monoisotopic (exact) mass is 375 g/mol. The van der Waals surface area contributed by atoms with Crippen LogP contribution in [0.2, 0.25) is 5.02 Å². The first kappa shape index (κ1) is 16.4. The highest BCUT2D eigenvalue weighted by Crippen LogP contribution is 2.24. The Morgan fingerprint density at radius 2 is 2.20 bits per heavy atom. The van der Waals surface area contributed by atoms with Gasteiger partial charge in [0.05, 0.1) is 21.2 Å². The number of H-pyrrole nitrogens is 1. The van der Waals surface area contributed by atoms with Gasteiger partial charge in [0.1, 0.15) is 5.82 Å². The van der Waals surface area contributed by atoms with Crippen molar-refractivity contribution in [2.45, 2.75) is 19.5 Å². The molecule has 0 saturated heterocycles. The summed E-state index contributed by atoms with van der Waals surface area (Å²) in [4.78, 5) is 23.0. The third-order valence-electron chi connectivity index (χ3n) is 4.33. The molecule has 0 amide bonds. The highest BCUT2D eigenvalue weighted by molar-refractivity contribution is 7.13. The summed E-state index contributed by atoms with van der Waals surface area (Å²) < 4.78 is 14.1. The van der Waals surface area contributed by atoms with Crippen molar-refractivity contribution in [3.05, 3.63) is 73.7 Å². The van der Waals surface area contributed by atoms with Crippen LogP contribution >= 0.6 is 22.9 Å². The van der Waals surface area contributed by atoms with Crippen LogP contribution in [0.4, 0.5) is 4.39 Å². The number of nitrogens with one attached hydrogen (secondary N) is 1. The van der Waals surface area contributed by atoms with Crippen LogP contribution in [0.25, 0.3) is 10.7 Å². The topological polar surface area (TPSA) is 49.0 Å². The molecule has 0 radical (unpaired) electrons. The van der Waals surface area contributed by atoms with E-state index in [1.165, 1.54) is 6.07 Å². The number of halogens is 2. The molecule has 0 aliphatic carbocycles. The minimum absolute atomic E-state index is 0.120.